The van der Waals surface area contributed by atoms with E-state index in [1.807, 2.05) is 12.1 Å². The van der Waals surface area contributed by atoms with E-state index in [9.17, 15) is 4.79 Å². The van der Waals surface area contributed by atoms with Crippen LogP contribution in [0.3, 0.4) is 0 Å². The van der Waals surface area contributed by atoms with Gasteiger partial charge >= 0.3 is 0 Å². The van der Waals surface area contributed by atoms with Crippen LogP contribution in [0.25, 0.3) is 0 Å². The summed E-state index contributed by atoms with van der Waals surface area (Å²) in [4.78, 5) is 12.2. The van der Waals surface area contributed by atoms with Crippen LogP contribution in [0.1, 0.15) is 12.0 Å². The number of halogens is 2. The van der Waals surface area contributed by atoms with Crippen LogP contribution in [0.5, 0.6) is 17.2 Å². The van der Waals surface area contributed by atoms with Crippen LogP contribution in [0, 0.1) is 0 Å². The van der Waals surface area contributed by atoms with E-state index in [2.05, 4.69) is 21.2 Å². The quantitative estimate of drug-likeness (QED) is 0.694. The topological polar surface area (TPSA) is 56.8 Å². The molecule has 0 saturated carbocycles. The summed E-state index contributed by atoms with van der Waals surface area (Å²) in [7, 11) is 4.67. The van der Waals surface area contributed by atoms with E-state index in [1.54, 1.807) is 39.5 Å². The van der Waals surface area contributed by atoms with E-state index in [4.69, 9.17) is 25.8 Å². The number of carbonyl (C=O) groups is 1. The Kier molecular flexibility index (Phi) is 6.96. The molecule has 0 aliphatic carbocycles. The maximum atomic E-state index is 12.2. The van der Waals surface area contributed by atoms with E-state index in [-0.39, 0.29) is 12.3 Å². The third-order valence-corrected chi connectivity index (χ3v) is 4.42. The number of hydrogen-bond acceptors (Lipinski definition) is 4. The molecule has 0 radical (unpaired) electrons. The lowest BCUT2D eigenvalue weighted by Crippen LogP contribution is -2.13. The zero-order valence-corrected chi connectivity index (χ0v) is 16.5. The lowest BCUT2D eigenvalue weighted by molar-refractivity contribution is -0.116. The Labute approximate surface area is 160 Å². The zero-order valence-electron chi connectivity index (χ0n) is 14.2. The van der Waals surface area contributed by atoms with Crippen molar-refractivity contribution in [3.05, 3.63) is 45.4 Å². The van der Waals surface area contributed by atoms with Crippen LogP contribution < -0.4 is 19.5 Å². The molecule has 0 unspecified atom stereocenters. The highest BCUT2D eigenvalue weighted by atomic mass is 79.9. The third-order valence-electron chi connectivity index (χ3n) is 3.61. The summed E-state index contributed by atoms with van der Waals surface area (Å²) in [5.41, 5.74) is 1.44. The predicted octanol–water partition coefficient (Wildman–Crippen LogP) is 4.70. The Morgan fingerprint density at radius 2 is 1.80 bits per heavy atom. The maximum absolute atomic E-state index is 12.2. The Bertz CT molecular complexity index is 767. The summed E-state index contributed by atoms with van der Waals surface area (Å²) in [6, 6.07) is 8.95. The van der Waals surface area contributed by atoms with Gasteiger partial charge in [0, 0.05) is 10.9 Å². The minimum Gasteiger partial charge on any atom is -0.493 e. The molecule has 0 fully saturated rings. The van der Waals surface area contributed by atoms with E-state index in [0.29, 0.717) is 34.4 Å². The Balaban J connectivity index is 2.09. The van der Waals surface area contributed by atoms with Gasteiger partial charge in [-0.15, -0.1) is 0 Å². The van der Waals surface area contributed by atoms with Gasteiger partial charge in [0.2, 0.25) is 11.7 Å². The van der Waals surface area contributed by atoms with Gasteiger partial charge in [0.25, 0.3) is 0 Å². The predicted molar refractivity (Wildman–Crippen MR) is 102 cm³/mol. The molecule has 2 aromatic carbocycles. The molecule has 2 rings (SSSR count). The standard InChI is InChI=1S/C18H19BrClNO4/c1-23-15-8-4-11(17(24-2)18(15)25-3)5-9-16(22)21-14-7-6-12(19)10-13(14)20/h4,6-8,10H,5,9H2,1-3H3,(H,21,22). The fourth-order valence-corrected chi connectivity index (χ4v) is 3.13. The summed E-state index contributed by atoms with van der Waals surface area (Å²) >= 11 is 9.45. The van der Waals surface area contributed by atoms with Crippen LogP contribution in [0.4, 0.5) is 5.69 Å². The average Bonchev–Trinajstić information content (AvgIpc) is 2.61. The van der Waals surface area contributed by atoms with Gasteiger partial charge < -0.3 is 19.5 Å². The number of benzene rings is 2. The Morgan fingerprint density at radius 3 is 2.40 bits per heavy atom. The highest BCUT2D eigenvalue weighted by Crippen LogP contribution is 2.40. The van der Waals surface area contributed by atoms with E-state index < -0.39 is 0 Å². The number of nitrogens with one attached hydrogen (secondary N) is 1. The molecule has 0 spiro atoms. The molecule has 2 aromatic rings. The molecule has 0 bridgehead atoms. The van der Waals surface area contributed by atoms with Crippen molar-refractivity contribution in [2.45, 2.75) is 12.8 Å². The number of rotatable bonds is 7. The lowest BCUT2D eigenvalue weighted by atomic mass is 10.1. The molecule has 0 aliphatic heterocycles. The Hall–Kier alpha value is -1.92. The first kappa shape index (κ1) is 19.4. The van der Waals surface area contributed by atoms with E-state index in [1.165, 1.54) is 0 Å². The molecule has 0 heterocycles. The van der Waals surface area contributed by atoms with Crippen molar-refractivity contribution in [3.63, 3.8) is 0 Å². The molecule has 0 aromatic heterocycles. The average molecular weight is 429 g/mol. The lowest BCUT2D eigenvalue weighted by Gasteiger charge is -2.15. The first-order valence-electron chi connectivity index (χ1n) is 7.53. The number of methoxy groups -OCH3 is 3. The smallest absolute Gasteiger partial charge is 0.224 e. The second kappa shape index (κ2) is 8.97. The van der Waals surface area contributed by atoms with Gasteiger partial charge in [-0.25, -0.2) is 0 Å². The van der Waals surface area contributed by atoms with E-state index >= 15 is 0 Å². The first-order valence-corrected chi connectivity index (χ1v) is 8.70. The van der Waals surface area contributed by atoms with Gasteiger partial charge in [0.05, 0.1) is 32.0 Å². The van der Waals surface area contributed by atoms with Gasteiger partial charge in [0.15, 0.2) is 11.5 Å². The van der Waals surface area contributed by atoms with E-state index in [0.717, 1.165) is 10.0 Å². The minimum absolute atomic E-state index is 0.138. The van der Waals surface area contributed by atoms with Crippen LogP contribution in [0.15, 0.2) is 34.8 Å². The van der Waals surface area contributed by atoms with Gasteiger partial charge in [-0.3, -0.25) is 4.79 Å². The number of aryl methyl sites for hydroxylation is 1. The second-order valence-corrected chi connectivity index (χ2v) is 6.49. The van der Waals surface area contributed by atoms with Crippen LogP contribution in [-0.4, -0.2) is 27.2 Å². The third kappa shape index (κ3) is 4.80. The van der Waals surface area contributed by atoms with Crippen molar-refractivity contribution in [2.24, 2.45) is 0 Å². The van der Waals surface area contributed by atoms with Crippen molar-refractivity contribution >= 4 is 39.1 Å². The fourth-order valence-electron chi connectivity index (χ4n) is 2.41. The summed E-state index contributed by atoms with van der Waals surface area (Å²) in [5, 5.41) is 3.29. The molecule has 0 aliphatic rings. The molecule has 1 N–H and O–H groups in total. The highest BCUT2D eigenvalue weighted by Gasteiger charge is 2.16. The molecule has 25 heavy (non-hydrogen) atoms. The zero-order chi connectivity index (χ0) is 18.4. The molecular formula is C18H19BrClNO4. The minimum atomic E-state index is -0.138. The van der Waals surface area contributed by atoms with Crippen molar-refractivity contribution in [2.75, 3.05) is 26.6 Å². The molecular weight excluding hydrogens is 410 g/mol. The summed E-state index contributed by atoms with van der Waals surface area (Å²) < 4.78 is 16.9. The largest absolute Gasteiger partial charge is 0.493 e. The molecule has 0 atom stereocenters. The highest BCUT2D eigenvalue weighted by molar-refractivity contribution is 9.10. The normalized spacial score (nSPS) is 10.3. The number of amides is 1. The van der Waals surface area contributed by atoms with Gasteiger partial charge in [-0.2, -0.15) is 0 Å². The molecule has 1 amide bonds. The monoisotopic (exact) mass is 427 g/mol. The first-order chi connectivity index (χ1) is 12.0. The molecule has 5 nitrogen and oxygen atoms in total. The summed E-state index contributed by atoms with van der Waals surface area (Å²) in [5.74, 6) is 1.52. The van der Waals surface area contributed by atoms with Gasteiger partial charge in [-0.1, -0.05) is 33.6 Å². The molecule has 0 saturated heterocycles. The Morgan fingerprint density at radius 1 is 1.08 bits per heavy atom. The number of anilines is 1. The summed E-state index contributed by atoms with van der Waals surface area (Å²) in [6.45, 7) is 0. The van der Waals surface area contributed by atoms with Crippen molar-refractivity contribution in [1.82, 2.24) is 0 Å². The maximum Gasteiger partial charge on any atom is 0.224 e. The van der Waals surface area contributed by atoms with Crippen LogP contribution >= 0.6 is 27.5 Å². The number of carbonyl (C=O) groups excluding carboxylic acids is 1. The molecule has 7 heteroatoms. The number of hydrogen-bond donors (Lipinski definition) is 1. The van der Waals surface area contributed by atoms with Gasteiger partial charge in [0.1, 0.15) is 0 Å². The SMILES string of the molecule is COc1ccc(CCC(=O)Nc2ccc(Br)cc2Cl)c(OC)c1OC. The van der Waals surface area contributed by atoms with Crippen LogP contribution in [0.2, 0.25) is 5.02 Å². The second-order valence-electron chi connectivity index (χ2n) is 5.17. The van der Waals surface area contributed by atoms with Crippen LogP contribution in [-0.2, 0) is 11.2 Å². The fraction of sp³-hybridized carbons (Fsp3) is 0.278. The number of ether oxygens (including phenoxy) is 3. The van der Waals surface area contributed by atoms with Gasteiger partial charge in [-0.05, 0) is 36.2 Å². The van der Waals surface area contributed by atoms with Crippen molar-refractivity contribution < 1.29 is 19.0 Å². The van der Waals surface area contributed by atoms with Crippen molar-refractivity contribution in [1.29, 1.82) is 0 Å². The van der Waals surface area contributed by atoms with Crippen molar-refractivity contribution in [3.8, 4) is 17.2 Å². The summed E-state index contributed by atoms with van der Waals surface area (Å²) in [6.07, 6.45) is 0.766. The molecule has 134 valence electrons.